The van der Waals surface area contributed by atoms with E-state index >= 15 is 0 Å². The number of aryl methyl sites for hydroxylation is 4. The van der Waals surface area contributed by atoms with E-state index in [-0.39, 0.29) is 30.2 Å². The van der Waals surface area contributed by atoms with Crippen molar-refractivity contribution < 1.29 is 14.3 Å². The van der Waals surface area contributed by atoms with Gasteiger partial charge < -0.3 is 4.74 Å². The lowest BCUT2D eigenvalue weighted by Gasteiger charge is -2.16. The molecule has 2 aromatic carbocycles. The molecule has 0 atom stereocenters. The Kier molecular flexibility index (Phi) is 6.71. The normalized spacial score (nSPS) is 14.3. The molecule has 2 aromatic rings. The lowest BCUT2D eigenvalue weighted by Crippen LogP contribution is -2.35. The standard InChI is InChI=1S/C25H29NO3S/c1-15(2)30-23-22(21-8-7-16(3)12-19(21)6)24(27)26(25(23)28)9-10-29-20-13-17(4)11-18(5)14-20/h7-8,11-15H,9-10H2,1-6H3. The van der Waals surface area contributed by atoms with E-state index in [0.717, 1.165) is 33.6 Å². The van der Waals surface area contributed by atoms with Gasteiger partial charge in [0.05, 0.1) is 17.0 Å². The molecule has 5 heteroatoms. The van der Waals surface area contributed by atoms with Crippen molar-refractivity contribution in [2.45, 2.75) is 46.8 Å². The number of benzene rings is 2. The Morgan fingerprint density at radius 3 is 2.17 bits per heavy atom. The molecule has 3 rings (SSSR count). The minimum absolute atomic E-state index is 0.198. The second-order valence-electron chi connectivity index (χ2n) is 8.12. The predicted octanol–water partition coefficient (Wildman–Crippen LogP) is 5.22. The molecular weight excluding hydrogens is 394 g/mol. The summed E-state index contributed by atoms with van der Waals surface area (Å²) >= 11 is 1.45. The third-order valence-electron chi connectivity index (χ3n) is 4.91. The molecule has 158 valence electrons. The van der Waals surface area contributed by atoms with Crippen LogP contribution in [0.4, 0.5) is 0 Å². The largest absolute Gasteiger partial charge is 0.492 e. The van der Waals surface area contributed by atoms with Crippen LogP contribution < -0.4 is 4.74 Å². The maximum atomic E-state index is 13.3. The molecule has 0 saturated carbocycles. The maximum Gasteiger partial charge on any atom is 0.268 e. The average Bonchev–Trinajstić information content (AvgIpc) is 2.85. The molecule has 0 spiro atoms. The van der Waals surface area contributed by atoms with Crippen LogP contribution in [0.5, 0.6) is 5.75 Å². The predicted molar refractivity (Wildman–Crippen MR) is 124 cm³/mol. The second-order valence-corrected chi connectivity index (χ2v) is 9.71. The zero-order valence-corrected chi connectivity index (χ0v) is 19.4. The number of nitrogens with zero attached hydrogens (tertiary/aromatic N) is 1. The zero-order chi connectivity index (χ0) is 22.0. The van der Waals surface area contributed by atoms with E-state index in [9.17, 15) is 9.59 Å². The monoisotopic (exact) mass is 423 g/mol. The first-order chi connectivity index (χ1) is 14.2. The highest BCUT2D eigenvalue weighted by Gasteiger charge is 2.39. The van der Waals surface area contributed by atoms with Gasteiger partial charge in [0.2, 0.25) is 0 Å². The van der Waals surface area contributed by atoms with Crippen LogP contribution in [0.15, 0.2) is 41.3 Å². The molecule has 1 aliphatic rings. The van der Waals surface area contributed by atoms with E-state index in [1.807, 2.05) is 71.9 Å². The highest BCUT2D eigenvalue weighted by Crippen LogP contribution is 2.39. The summed E-state index contributed by atoms with van der Waals surface area (Å²) in [6, 6.07) is 12.0. The highest BCUT2D eigenvalue weighted by atomic mass is 32.2. The fourth-order valence-corrected chi connectivity index (χ4v) is 4.70. The van der Waals surface area contributed by atoms with Gasteiger partial charge in [-0.25, -0.2) is 0 Å². The minimum atomic E-state index is -0.237. The van der Waals surface area contributed by atoms with Crippen LogP contribution in [0, 0.1) is 27.7 Å². The number of hydrogen-bond acceptors (Lipinski definition) is 4. The Balaban J connectivity index is 1.83. The first kappa shape index (κ1) is 22.2. The molecule has 1 heterocycles. The number of imide groups is 1. The van der Waals surface area contributed by atoms with E-state index in [0.29, 0.717) is 10.5 Å². The molecule has 0 saturated heterocycles. The highest BCUT2D eigenvalue weighted by molar-refractivity contribution is 8.04. The number of rotatable bonds is 7. The van der Waals surface area contributed by atoms with Gasteiger partial charge in [-0.15, -0.1) is 11.8 Å². The third kappa shape index (κ3) is 4.78. The van der Waals surface area contributed by atoms with Gasteiger partial charge in [-0.2, -0.15) is 0 Å². The van der Waals surface area contributed by atoms with Gasteiger partial charge in [-0.3, -0.25) is 14.5 Å². The van der Waals surface area contributed by atoms with E-state index in [1.165, 1.54) is 16.7 Å². The number of carbonyl (C=O) groups is 2. The Morgan fingerprint density at radius 1 is 0.900 bits per heavy atom. The molecule has 0 unspecified atom stereocenters. The molecule has 0 aliphatic carbocycles. The fourth-order valence-electron chi connectivity index (χ4n) is 3.70. The summed E-state index contributed by atoms with van der Waals surface area (Å²) in [5, 5.41) is 0.198. The topological polar surface area (TPSA) is 46.6 Å². The minimum Gasteiger partial charge on any atom is -0.492 e. The smallest absolute Gasteiger partial charge is 0.268 e. The molecular formula is C25H29NO3S. The van der Waals surface area contributed by atoms with Crippen LogP contribution in [0.25, 0.3) is 5.57 Å². The van der Waals surface area contributed by atoms with Crippen molar-refractivity contribution in [3.05, 3.63) is 69.1 Å². The number of ether oxygens (including phenoxy) is 1. The third-order valence-corrected chi connectivity index (χ3v) is 5.99. The van der Waals surface area contributed by atoms with Crippen LogP contribution in [-0.2, 0) is 9.59 Å². The van der Waals surface area contributed by atoms with E-state index in [1.54, 1.807) is 0 Å². The Bertz CT molecular complexity index is 1000. The van der Waals surface area contributed by atoms with Gasteiger partial charge in [-0.05, 0) is 62.1 Å². The summed E-state index contributed by atoms with van der Waals surface area (Å²) in [6.07, 6.45) is 0. The lowest BCUT2D eigenvalue weighted by atomic mass is 9.99. The van der Waals surface area contributed by atoms with E-state index in [2.05, 4.69) is 6.07 Å². The SMILES string of the molecule is Cc1cc(C)cc(OCCN2C(=O)C(SC(C)C)=C(c3ccc(C)cc3C)C2=O)c1. The molecule has 30 heavy (non-hydrogen) atoms. The van der Waals surface area contributed by atoms with Gasteiger partial charge in [0, 0.05) is 5.25 Å². The maximum absolute atomic E-state index is 13.3. The molecule has 1 aliphatic heterocycles. The van der Waals surface area contributed by atoms with Crippen molar-refractivity contribution in [2.24, 2.45) is 0 Å². The number of hydrogen-bond donors (Lipinski definition) is 0. The van der Waals surface area contributed by atoms with Gasteiger partial charge in [0.25, 0.3) is 11.8 Å². The first-order valence-electron chi connectivity index (χ1n) is 10.2. The molecule has 0 N–H and O–H groups in total. The number of carbonyl (C=O) groups excluding carboxylic acids is 2. The van der Waals surface area contributed by atoms with Gasteiger partial charge in [0.1, 0.15) is 12.4 Å². The average molecular weight is 424 g/mol. The lowest BCUT2D eigenvalue weighted by molar-refractivity contribution is -0.136. The van der Waals surface area contributed by atoms with Crippen molar-refractivity contribution in [3.8, 4) is 5.75 Å². The van der Waals surface area contributed by atoms with Crippen molar-refractivity contribution >= 4 is 29.1 Å². The van der Waals surface area contributed by atoms with Crippen LogP contribution in [-0.4, -0.2) is 35.1 Å². The number of amides is 2. The van der Waals surface area contributed by atoms with Gasteiger partial charge >= 0.3 is 0 Å². The summed E-state index contributed by atoms with van der Waals surface area (Å²) in [4.78, 5) is 28.3. The molecule has 4 nitrogen and oxygen atoms in total. The zero-order valence-electron chi connectivity index (χ0n) is 18.5. The number of thioether (sulfide) groups is 1. The summed E-state index contributed by atoms with van der Waals surface area (Å²) in [5.74, 6) is 0.294. The second kappa shape index (κ2) is 9.09. The summed E-state index contributed by atoms with van der Waals surface area (Å²) in [6.45, 7) is 12.6. The Labute approximate surface area is 183 Å². The van der Waals surface area contributed by atoms with E-state index in [4.69, 9.17) is 4.74 Å². The van der Waals surface area contributed by atoms with Crippen molar-refractivity contribution in [2.75, 3.05) is 13.2 Å². The Morgan fingerprint density at radius 2 is 1.57 bits per heavy atom. The quantitative estimate of drug-likeness (QED) is 0.573. The van der Waals surface area contributed by atoms with Crippen molar-refractivity contribution in [1.82, 2.24) is 4.90 Å². The fraction of sp³-hybridized carbons (Fsp3) is 0.360. The van der Waals surface area contributed by atoms with Crippen LogP contribution in [0.1, 0.15) is 41.7 Å². The summed E-state index contributed by atoms with van der Waals surface area (Å²) in [7, 11) is 0. The van der Waals surface area contributed by atoms with Crippen LogP contribution in [0.3, 0.4) is 0 Å². The van der Waals surface area contributed by atoms with Crippen LogP contribution >= 0.6 is 11.8 Å². The van der Waals surface area contributed by atoms with Crippen LogP contribution in [0.2, 0.25) is 0 Å². The molecule has 0 fully saturated rings. The molecule has 0 aromatic heterocycles. The summed E-state index contributed by atoms with van der Waals surface area (Å²) in [5.41, 5.74) is 5.72. The van der Waals surface area contributed by atoms with Gasteiger partial charge in [0.15, 0.2) is 0 Å². The van der Waals surface area contributed by atoms with Gasteiger partial charge in [-0.1, -0.05) is 43.7 Å². The Hall–Kier alpha value is -2.53. The molecule has 2 amide bonds. The molecule has 0 radical (unpaired) electrons. The first-order valence-corrected chi connectivity index (χ1v) is 11.1. The van der Waals surface area contributed by atoms with Crippen molar-refractivity contribution in [3.63, 3.8) is 0 Å². The van der Waals surface area contributed by atoms with Crippen molar-refractivity contribution in [1.29, 1.82) is 0 Å². The summed E-state index contributed by atoms with van der Waals surface area (Å²) < 4.78 is 5.85. The molecule has 0 bridgehead atoms. The van der Waals surface area contributed by atoms with E-state index < -0.39 is 0 Å².